The van der Waals surface area contributed by atoms with Crippen molar-refractivity contribution in [3.05, 3.63) is 35.7 Å². The third kappa shape index (κ3) is 3.40. The predicted molar refractivity (Wildman–Crippen MR) is 86.1 cm³/mol. The van der Waals surface area contributed by atoms with E-state index in [2.05, 4.69) is 14.9 Å². The maximum absolute atomic E-state index is 9.93. The zero-order chi connectivity index (χ0) is 15.4. The van der Waals surface area contributed by atoms with E-state index in [1.165, 1.54) is 6.26 Å². The van der Waals surface area contributed by atoms with Crippen LogP contribution in [0.3, 0.4) is 0 Å². The number of nitrogens with zero attached hydrogens (tertiary/aromatic N) is 4. The Balaban J connectivity index is 1.51. The van der Waals surface area contributed by atoms with Gasteiger partial charge in [0.15, 0.2) is 11.1 Å². The molecular formula is C14H19N5O2S. The lowest BCUT2D eigenvalue weighted by Crippen LogP contribution is -2.51. The van der Waals surface area contributed by atoms with E-state index in [-0.39, 0.29) is 6.54 Å². The smallest absolute Gasteiger partial charge is 0.191 e. The summed E-state index contributed by atoms with van der Waals surface area (Å²) in [5.41, 5.74) is 6.02. The van der Waals surface area contributed by atoms with Gasteiger partial charge in [0.2, 0.25) is 0 Å². The summed E-state index contributed by atoms with van der Waals surface area (Å²) in [5.74, 6) is 0.967. The monoisotopic (exact) mass is 321 g/mol. The average molecular weight is 321 g/mol. The van der Waals surface area contributed by atoms with Gasteiger partial charge < -0.3 is 25.1 Å². The lowest BCUT2D eigenvalue weighted by Gasteiger charge is -2.35. The van der Waals surface area contributed by atoms with Gasteiger partial charge in [0.05, 0.1) is 12.8 Å². The van der Waals surface area contributed by atoms with Crippen LogP contribution in [0, 0.1) is 0 Å². The summed E-state index contributed by atoms with van der Waals surface area (Å²) >= 11 is 1.64. The molecule has 1 aliphatic rings. The van der Waals surface area contributed by atoms with Crippen LogP contribution in [0.2, 0.25) is 0 Å². The van der Waals surface area contributed by atoms with Crippen molar-refractivity contribution in [1.29, 1.82) is 0 Å². The summed E-state index contributed by atoms with van der Waals surface area (Å²) in [5, 5.41) is 13.0. The van der Waals surface area contributed by atoms with Crippen molar-refractivity contribution in [3.63, 3.8) is 0 Å². The molecule has 1 saturated heterocycles. The van der Waals surface area contributed by atoms with E-state index >= 15 is 0 Å². The summed E-state index contributed by atoms with van der Waals surface area (Å²) in [7, 11) is 0. The fraction of sp³-hybridized carbons (Fsp3) is 0.429. The normalized spacial score (nSPS) is 17.8. The highest BCUT2D eigenvalue weighted by Gasteiger charge is 2.20. The number of hydrogen-bond donors (Lipinski definition) is 2. The maximum Gasteiger partial charge on any atom is 0.191 e. The number of aliphatic imine (C=N–C) groups is 1. The van der Waals surface area contributed by atoms with Crippen LogP contribution >= 0.6 is 11.3 Å². The molecule has 3 heterocycles. The molecule has 3 rings (SSSR count). The number of thiazole rings is 1. The molecule has 8 heteroatoms. The molecule has 0 spiro atoms. The molecule has 1 atom stereocenters. The number of piperazine rings is 1. The first-order chi connectivity index (χ1) is 10.7. The Hall–Kier alpha value is -2.06. The first kappa shape index (κ1) is 14.9. The Kier molecular flexibility index (Phi) is 4.59. The molecule has 0 aliphatic carbocycles. The zero-order valence-corrected chi connectivity index (χ0v) is 12.9. The fourth-order valence-electron chi connectivity index (χ4n) is 2.35. The number of aromatic nitrogens is 1. The number of anilines is 1. The fourth-order valence-corrected chi connectivity index (χ4v) is 3.05. The number of guanidine groups is 1. The van der Waals surface area contributed by atoms with Gasteiger partial charge in [-0.1, -0.05) is 0 Å². The van der Waals surface area contributed by atoms with Crippen LogP contribution in [0.15, 0.2) is 39.4 Å². The molecule has 0 aromatic carbocycles. The Morgan fingerprint density at radius 1 is 1.45 bits per heavy atom. The molecule has 0 saturated carbocycles. The van der Waals surface area contributed by atoms with E-state index in [1.807, 2.05) is 16.5 Å². The van der Waals surface area contributed by atoms with Crippen molar-refractivity contribution in [1.82, 2.24) is 9.88 Å². The van der Waals surface area contributed by atoms with Gasteiger partial charge >= 0.3 is 0 Å². The molecule has 3 N–H and O–H groups in total. The molecule has 2 aromatic heterocycles. The highest BCUT2D eigenvalue weighted by molar-refractivity contribution is 7.13. The minimum absolute atomic E-state index is 0.200. The molecule has 0 bridgehead atoms. The van der Waals surface area contributed by atoms with Gasteiger partial charge in [-0.2, -0.15) is 0 Å². The third-order valence-corrected chi connectivity index (χ3v) is 4.42. The van der Waals surface area contributed by atoms with Crippen LogP contribution in [0.25, 0.3) is 0 Å². The number of aliphatic hydroxyl groups is 1. The van der Waals surface area contributed by atoms with Crippen molar-refractivity contribution >= 4 is 22.4 Å². The SMILES string of the molecule is NC(=NCC(O)c1ccco1)N1CCN(c2nccs2)CC1. The number of furan rings is 1. The van der Waals surface area contributed by atoms with E-state index in [0.29, 0.717) is 11.7 Å². The standard InChI is InChI=1S/C14H19N5O2S/c15-13(17-10-11(20)12-2-1-8-21-12)18-4-6-19(7-5-18)14-16-3-9-22-14/h1-3,8-9,11,20H,4-7,10H2,(H2,15,17). The largest absolute Gasteiger partial charge is 0.467 e. The van der Waals surface area contributed by atoms with E-state index in [4.69, 9.17) is 10.2 Å². The quantitative estimate of drug-likeness (QED) is 0.642. The van der Waals surface area contributed by atoms with Gasteiger partial charge in [0.25, 0.3) is 0 Å². The first-order valence-corrected chi connectivity index (χ1v) is 8.03. The molecule has 1 fully saturated rings. The van der Waals surface area contributed by atoms with Gasteiger partial charge in [0.1, 0.15) is 11.9 Å². The molecule has 22 heavy (non-hydrogen) atoms. The Morgan fingerprint density at radius 2 is 2.27 bits per heavy atom. The second kappa shape index (κ2) is 6.80. The number of hydrogen-bond acceptors (Lipinski definition) is 6. The highest BCUT2D eigenvalue weighted by Crippen LogP contribution is 2.19. The summed E-state index contributed by atoms with van der Waals surface area (Å²) in [6.45, 7) is 3.53. The molecule has 0 amide bonds. The van der Waals surface area contributed by atoms with Gasteiger partial charge in [-0.05, 0) is 12.1 Å². The van der Waals surface area contributed by atoms with E-state index in [9.17, 15) is 5.11 Å². The minimum atomic E-state index is -0.759. The lowest BCUT2D eigenvalue weighted by molar-refractivity contribution is 0.158. The first-order valence-electron chi connectivity index (χ1n) is 7.15. The average Bonchev–Trinajstić information content (AvgIpc) is 3.25. The van der Waals surface area contributed by atoms with Crippen LogP contribution in [-0.4, -0.2) is 53.7 Å². The molecule has 1 unspecified atom stereocenters. The molecule has 0 radical (unpaired) electrons. The predicted octanol–water partition coefficient (Wildman–Crippen LogP) is 0.906. The van der Waals surface area contributed by atoms with Crippen molar-refractivity contribution < 1.29 is 9.52 Å². The molecule has 118 valence electrons. The molecular weight excluding hydrogens is 302 g/mol. The summed E-state index contributed by atoms with van der Waals surface area (Å²) in [6.07, 6.45) is 2.59. The Labute approximate surface area is 132 Å². The topological polar surface area (TPSA) is 91.1 Å². The van der Waals surface area contributed by atoms with E-state index in [1.54, 1.807) is 23.5 Å². The summed E-state index contributed by atoms with van der Waals surface area (Å²) < 4.78 is 5.14. The van der Waals surface area contributed by atoms with Crippen molar-refractivity contribution in [3.8, 4) is 0 Å². The van der Waals surface area contributed by atoms with Gasteiger partial charge in [-0.15, -0.1) is 11.3 Å². The van der Waals surface area contributed by atoms with Crippen LogP contribution in [0.5, 0.6) is 0 Å². The van der Waals surface area contributed by atoms with Crippen LogP contribution < -0.4 is 10.6 Å². The van der Waals surface area contributed by atoms with Crippen molar-refractivity contribution in [2.45, 2.75) is 6.10 Å². The third-order valence-electron chi connectivity index (χ3n) is 3.59. The van der Waals surface area contributed by atoms with Gasteiger partial charge in [0, 0.05) is 37.8 Å². The maximum atomic E-state index is 9.93. The zero-order valence-electron chi connectivity index (χ0n) is 12.1. The van der Waals surface area contributed by atoms with Crippen LogP contribution in [0.4, 0.5) is 5.13 Å². The number of nitrogens with two attached hydrogens (primary N) is 1. The highest BCUT2D eigenvalue weighted by atomic mass is 32.1. The number of rotatable bonds is 4. The summed E-state index contributed by atoms with van der Waals surface area (Å²) in [6, 6.07) is 3.46. The van der Waals surface area contributed by atoms with Crippen LogP contribution in [-0.2, 0) is 0 Å². The van der Waals surface area contributed by atoms with E-state index in [0.717, 1.165) is 31.3 Å². The van der Waals surface area contributed by atoms with Crippen molar-refractivity contribution in [2.24, 2.45) is 10.7 Å². The molecule has 2 aromatic rings. The number of aliphatic hydroxyl groups excluding tert-OH is 1. The Morgan fingerprint density at radius 3 is 2.91 bits per heavy atom. The lowest BCUT2D eigenvalue weighted by atomic mass is 10.3. The van der Waals surface area contributed by atoms with E-state index < -0.39 is 6.10 Å². The van der Waals surface area contributed by atoms with Gasteiger partial charge in [-0.3, -0.25) is 4.99 Å². The second-order valence-corrected chi connectivity index (χ2v) is 5.89. The molecule has 1 aliphatic heterocycles. The second-order valence-electron chi connectivity index (χ2n) is 5.02. The van der Waals surface area contributed by atoms with Crippen LogP contribution in [0.1, 0.15) is 11.9 Å². The Bertz CT molecular complexity index is 591. The molecule has 7 nitrogen and oxygen atoms in total. The summed E-state index contributed by atoms with van der Waals surface area (Å²) in [4.78, 5) is 12.9. The van der Waals surface area contributed by atoms with Gasteiger partial charge in [-0.25, -0.2) is 4.98 Å². The van der Waals surface area contributed by atoms with Crippen molar-refractivity contribution in [2.75, 3.05) is 37.6 Å². The minimum Gasteiger partial charge on any atom is -0.467 e.